The van der Waals surface area contributed by atoms with Crippen molar-refractivity contribution in [3.05, 3.63) is 12.2 Å². The van der Waals surface area contributed by atoms with Crippen LogP contribution >= 0.6 is 0 Å². The molecule has 0 aliphatic rings. The normalized spacial score (nSPS) is 12.8. The highest BCUT2D eigenvalue weighted by atomic mass is 16.4. The van der Waals surface area contributed by atoms with Crippen LogP contribution in [0.1, 0.15) is 52.9 Å². The van der Waals surface area contributed by atoms with E-state index in [1.807, 2.05) is 0 Å². The van der Waals surface area contributed by atoms with E-state index < -0.39 is 5.97 Å². The summed E-state index contributed by atoms with van der Waals surface area (Å²) in [6, 6.07) is 0. The van der Waals surface area contributed by atoms with Crippen LogP contribution in [0.4, 0.5) is 0 Å². The molecule has 1 atom stereocenters. The summed E-state index contributed by atoms with van der Waals surface area (Å²) in [7, 11) is 0. The van der Waals surface area contributed by atoms with E-state index in [9.17, 15) is 4.79 Å². The summed E-state index contributed by atoms with van der Waals surface area (Å²) < 4.78 is 0. The van der Waals surface area contributed by atoms with Crippen molar-refractivity contribution in [1.29, 1.82) is 0 Å². The fourth-order valence-corrected chi connectivity index (χ4v) is 1.74. The van der Waals surface area contributed by atoms with Gasteiger partial charge in [-0.2, -0.15) is 0 Å². The maximum Gasteiger partial charge on any atom is 0.330 e. The largest absolute Gasteiger partial charge is 0.478 e. The lowest BCUT2D eigenvalue weighted by atomic mass is 9.86. The first kappa shape index (κ1) is 14.2. The Labute approximate surface area is 93.4 Å². The summed E-state index contributed by atoms with van der Waals surface area (Å²) in [5, 5.41) is 8.71. The molecule has 1 N–H and O–H groups in total. The van der Waals surface area contributed by atoms with Crippen LogP contribution in [0.3, 0.4) is 0 Å². The number of aliphatic carboxylic acids is 1. The molecule has 15 heavy (non-hydrogen) atoms. The Morgan fingerprint density at radius 2 is 1.93 bits per heavy atom. The van der Waals surface area contributed by atoms with Gasteiger partial charge in [0, 0.05) is 5.57 Å². The van der Waals surface area contributed by atoms with E-state index in [4.69, 9.17) is 5.11 Å². The van der Waals surface area contributed by atoms with E-state index in [2.05, 4.69) is 27.4 Å². The first-order valence-electron chi connectivity index (χ1n) is 5.90. The minimum Gasteiger partial charge on any atom is -0.478 e. The molecular weight excluding hydrogens is 188 g/mol. The average Bonchev–Trinajstić information content (AvgIpc) is 2.16. The van der Waals surface area contributed by atoms with Gasteiger partial charge in [0.15, 0.2) is 0 Å². The van der Waals surface area contributed by atoms with Crippen molar-refractivity contribution in [3.8, 4) is 0 Å². The molecule has 0 amide bonds. The third-order valence-electron chi connectivity index (χ3n) is 2.99. The molecule has 0 aromatic rings. The zero-order chi connectivity index (χ0) is 11.8. The van der Waals surface area contributed by atoms with Crippen LogP contribution in [-0.2, 0) is 4.79 Å². The van der Waals surface area contributed by atoms with Gasteiger partial charge in [-0.3, -0.25) is 0 Å². The minimum atomic E-state index is -0.854. The molecule has 0 rings (SSSR count). The molecule has 88 valence electrons. The number of carboxylic acid groups (broad SMARTS) is 1. The molecule has 0 aromatic carbocycles. The van der Waals surface area contributed by atoms with Crippen molar-refractivity contribution in [1.82, 2.24) is 0 Å². The van der Waals surface area contributed by atoms with E-state index in [0.29, 0.717) is 23.8 Å². The van der Waals surface area contributed by atoms with Crippen molar-refractivity contribution in [2.75, 3.05) is 0 Å². The van der Waals surface area contributed by atoms with Gasteiger partial charge in [-0.1, -0.05) is 46.6 Å². The molecule has 0 aliphatic carbocycles. The maximum absolute atomic E-state index is 10.6. The predicted octanol–water partition coefficient (Wildman–Crippen LogP) is 3.87. The molecule has 0 heterocycles. The van der Waals surface area contributed by atoms with E-state index in [0.717, 1.165) is 6.42 Å². The second-order valence-electron chi connectivity index (χ2n) is 4.59. The average molecular weight is 212 g/mol. The number of hydrogen-bond donors (Lipinski definition) is 1. The fourth-order valence-electron chi connectivity index (χ4n) is 1.74. The summed E-state index contributed by atoms with van der Waals surface area (Å²) in [6.45, 7) is 10.2. The van der Waals surface area contributed by atoms with Crippen LogP contribution in [0, 0.1) is 11.8 Å². The highest BCUT2D eigenvalue weighted by Gasteiger charge is 2.14. The van der Waals surface area contributed by atoms with Crippen LogP contribution in [0.5, 0.6) is 0 Å². The smallest absolute Gasteiger partial charge is 0.330 e. The Bertz CT molecular complexity index is 207. The van der Waals surface area contributed by atoms with Gasteiger partial charge >= 0.3 is 5.97 Å². The molecule has 0 saturated carbocycles. The Morgan fingerprint density at radius 1 is 1.33 bits per heavy atom. The molecule has 1 unspecified atom stereocenters. The van der Waals surface area contributed by atoms with Crippen LogP contribution < -0.4 is 0 Å². The Hall–Kier alpha value is -0.790. The highest BCUT2D eigenvalue weighted by Crippen LogP contribution is 2.24. The molecule has 0 aliphatic heterocycles. The number of unbranched alkanes of at least 4 members (excludes halogenated alkanes) is 1. The maximum atomic E-state index is 10.6. The number of carboxylic acids is 1. The number of rotatable bonds is 8. The quantitative estimate of drug-likeness (QED) is 0.620. The van der Waals surface area contributed by atoms with Crippen molar-refractivity contribution in [2.24, 2.45) is 11.8 Å². The van der Waals surface area contributed by atoms with E-state index in [1.54, 1.807) is 0 Å². The van der Waals surface area contributed by atoms with Crippen molar-refractivity contribution in [3.63, 3.8) is 0 Å². The summed E-state index contributed by atoms with van der Waals surface area (Å²) in [5.74, 6) is 0.423. The summed E-state index contributed by atoms with van der Waals surface area (Å²) in [4.78, 5) is 10.6. The van der Waals surface area contributed by atoms with Gasteiger partial charge in [0.1, 0.15) is 0 Å². The molecule has 0 fully saturated rings. The molecule has 0 spiro atoms. The zero-order valence-electron chi connectivity index (χ0n) is 10.3. The Balaban J connectivity index is 3.95. The zero-order valence-corrected chi connectivity index (χ0v) is 10.3. The third kappa shape index (κ3) is 6.32. The van der Waals surface area contributed by atoms with Gasteiger partial charge in [0.2, 0.25) is 0 Å². The topological polar surface area (TPSA) is 37.3 Å². The monoisotopic (exact) mass is 212 g/mol. The summed E-state index contributed by atoms with van der Waals surface area (Å²) in [5.41, 5.74) is 0.345. The van der Waals surface area contributed by atoms with Gasteiger partial charge in [0.25, 0.3) is 0 Å². The van der Waals surface area contributed by atoms with Gasteiger partial charge < -0.3 is 5.11 Å². The van der Waals surface area contributed by atoms with E-state index in [-0.39, 0.29) is 0 Å². The lowest BCUT2D eigenvalue weighted by molar-refractivity contribution is -0.132. The lowest BCUT2D eigenvalue weighted by Gasteiger charge is -2.20. The Kier molecular flexibility index (Phi) is 7.10. The van der Waals surface area contributed by atoms with Gasteiger partial charge in [-0.15, -0.1) is 0 Å². The molecule has 0 bridgehead atoms. The van der Waals surface area contributed by atoms with Gasteiger partial charge in [-0.25, -0.2) is 4.79 Å². The standard InChI is InChI=1S/C13H24O2/c1-5-6-7-12(10(2)3)9-8-11(4)13(14)15/h10,12H,4-9H2,1-3H3,(H,14,15). The molecule has 2 nitrogen and oxygen atoms in total. The third-order valence-corrected chi connectivity index (χ3v) is 2.99. The van der Waals surface area contributed by atoms with E-state index in [1.165, 1.54) is 19.3 Å². The van der Waals surface area contributed by atoms with Crippen LogP contribution in [0.15, 0.2) is 12.2 Å². The lowest BCUT2D eigenvalue weighted by Crippen LogP contribution is -2.10. The van der Waals surface area contributed by atoms with Crippen molar-refractivity contribution >= 4 is 5.97 Å². The molecule has 0 radical (unpaired) electrons. The minimum absolute atomic E-state index is 0.345. The number of hydrogen-bond acceptors (Lipinski definition) is 1. The van der Waals surface area contributed by atoms with Crippen molar-refractivity contribution < 1.29 is 9.90 Å². The second kappa shape index (κ2) is 7.49. The molecular formula is C13H24O2. The van der Waals surface area contributed by atoms with Crippen LogP contribution in [-0.4, -0.2) is 11.1 Å². The molecule has 2 heteroatoms. The highest BCUT2D eigenvalue weighted by molar-refractivity contribution is 5.85. The summed E-state index contributed by atoms with van der Waals surface area (Å²) >= 11 is 0. The Morgan fingerprint density at radius 3 is 2.33 bits per heavy atom. The SMILES string of the molecule is C=C(CCC(CCCC)C(C)C)C(=O)O. The first-order valence-corrected chi connectivity index (χ1v) is 5.90. The van der Waals surface area contributed by atoms with Crippen molar-refractivity contribution in [2.45, 2.75) is 52.9 Å². The van der Waals surface area contributed by atoms with Crippen LogP contribution in [0.2, 0.25) is 0 Å². The predicted molar refractivity (Wildman–Crippen MR) is 63.9 cm³/mol. The van der Waals surface area contributed by atoms with Gasteiger partial charge in [-0.05, 0) is 24.7 Å². The van der Waals surface area contributed by atoms with Crippen LogP contribution in [0.25, 0.3) is 0 Å². The first-order chi connectivity index (χ1) is 6.99. The number of carbonyl (C=O) groups is 1. The van der Waals surface area contributed by atoms with Gasteiger partial charge in [0.05, 0.1) is 0 Å². The fraction of sp³-hybridized carbons (Fsp3) is 0.769. The summed E-state index contributed by atoms with van der Waals surface area (Å²) in [6.07, 6.45) is 5.25. The van der Waals surface area contributed by atoms with E-state index >= 15 is 0 Å². The molecule has 0 aromatic heterocycles. The molecule has 0 saturated heterocycles. The second-order valence-corrected chi connectivity index (χ2v) is 4.59.